The fourth-order valence-electron chi connectivity index (χ4n) is 11.4. The Balaban J connectivity index is 0.912. The molecule has 4 heterocycles. The summed E-state index contributed by atoms with van der Waals surface area (Å²) >= 11 is 0. The average Bonchev–Trinajstić information content (AvgIpc) is 4.16. The number of fused-ring (bicyclic) bond motifs is 2. The van der Waals surface area contributed by atoms with E-state index < -0.39 is 11.8 Å². The van der Waals surface area contributed by atoms with Crippen LogP contribution >= 0.6 is 0 Å². The van der Waals surface area contributed by atoms with E-state index in [0.717, 1.165) is 73.2 Å². The maximum atomic E-state index is 13.9. The summed E-state index contributed by atoms with van der Waals surface area (Å²) in [6.45, 7) is 9.36. The molecule has 2 saturated heterocycles. The molecule has 2 fully saturated rings. The van der Waals surface area contributed by atoms with Crippen LogP contribution in [0.1, 0.15) is 120 Å². The first kappa shape index (κ1) is 43.6. The monoisotopic (exact) mass is 862 g/mol. The normalized spacial score (nSPS) is 22.9. The van der Waals surface area contributed by atoms with Gasteiger partial charge in [-0.15, -0.1) is 0 Å². The zero-order valence-corrected chi connectivity index (χ0v) is 38.3. The number of likely N-dealkylation sites (tertiary alicyclic amines) is 2. The lowest BCUT2D eigenvalue weighted by molar-refractivity contribution is -0.148. The molecule has 0 spiro atoms. The van der Waals surface area contributed by atoms with Crippen molar-refractivity contribution in [3.05, 3.63) is 95.2 Å². The minimum atomic E-state index is -0.411. The number of methoxy groups -OCH3 is 2. The highest BCUT2D eigenvalue weighted by molar-refractivity contribution is 6.04. The van der Waals surface area contributed by atoms with Crippen molar-refractivity contribution < 1.29 is 28.7 Å². The molecule has 2 unspecified atom stereocenters. The van der Waals surface area contributed by atoms with E-state index in [9.17, 15) is 19.2 Å². The Morgan fingerprint density at radius 3 is 1.69 bits per heavy atom. The van der Waals surface area contributed by atoms with Crippen LogP contribution in [-0.4, -0.2) is 84.4 Å². The van der Waals surface area contributed by atoms with Crippen molar-refractivity contribution in [1.29, 1.82) is 0 Å². The number of amides is 2. The van der Waals surface area contributed by atoms with Gasteiger partial charge in [-0.25, -0.2) is 0 Å². The van der Waals surface area contributed by atoms with Crippen molar-refractivity contribution in [2.75, 3.05) is 27.3 Å². The molecular weight excluding hydrogens is 801 g/mol. The summed E-state index contributed by atoms with van der Waals surface area (Å²) in [6.07, 6.45) is 14.3. The standard InChI is InChI=1S/C54H62N4O6/c1-31(2)42(28-49(59)63-5)53(61)57-23-7-9-47(57)45-27-39(30-55-45)33-11-13-34(14-12-33)40-20-21-41(52-36-17-15-35(16-18-36)51(40)52)37-19-22-44-38(25-37)26-46(56-44)48-10-8-24-58(48)54(62)43(32(3)4)29-50(60)64-6/h11-15,17,19-22,25,30-32,35-36,42-43,47-48H,7-10,16,18,23-24,26-29H2,1-6H3/t35?,36?,42-,43-,47-,48-/m0/s1. The summed E-state index contributed by atoms with van der Waals surface area (Å²) in [5.74, 6) is -0.675. The number of carbonyl (C=O) groups is 4. The maximum absolute atomic E-state index is 13.9. The van der Waals surface area contributed by atoms with Crippen molar-refractivity contribution in [2.24, 2.45) is 33.7 Å². The van der Waals surface area contributed by atoms with Crippen LogP contribution in [0.5, 0.6) is 0 Å². The Labute approximate surface area is 377 Å². The van der Waals surface area contributed by atoms with E-state index in [1.807, 2.05) is 43.7 Å². The number of hydrogen-bond acceptors (Lipinski definition) is 8. The number of carbonyl (C=O) groups excluding carboxylic acids is 4. The lowest BCUT2D eigenvalue weighted by Crippen LogP contribution is -2.45. The van der Waals surface area contributed by atoms with Crippen molar-refractivity contribution in [2.45, 2.75) is 116 Å². The number of nitrogens with zero attached hydrogens (tertiary/aromatic N) is 4. The molecular formula is C54H62N4O6. The first-order valence-electron chi connectivity index (χ1n) is 23.6. The van der Waals surface area contributed by atoms with Crippen molar-refractivity contribution >= 4 is 46.4 Å². The largest absolute Gasteiger partial charge is 0.469 e. The highest BCUT2D eigenvalue weighted by Crippen LogP contribution is 2.52. The lowest BCUT2D eigenvalue weighted by atomic mass is 9.67. The predicted molar refractivity (Wildman–Crippen MR) is 251 cm³/mol. The molecule has 7 aliphatic rings. The van der Waals surface area contributed by atoms with E-state index in [1.54, 1.807) is 0 Å². The molecule has 0 N–H and O–H groups in total. The number of rotatable bonds is 13. The average molecular weight is 863 g/mol. The Kier molecular flexibility index (Phi) is 12.3. The molecule has 0 aromatic heterocycles. The molecule has 2 bridgehead atoms. The zero-order chi connectivity index (χ0) is 44.8. The second-order valence-corrected chi connectivity index (χ2v) is 19.5. The van der Waals surface area contributed by atoms with Crippen LogP contribution in [0.4, 0.5) is 5.69 Å². The summed E-state index contributed by atoms with van der Waals surface area (Å²) < 4.78 is 9.87. The quantitative estimate of drug-likeness (QED) is 0.125. The highest BCUT2D eigenvalue weighted by atomic mass is 16.5. The van der Waals surface area contributed by atoms with Gasteiger partial charge in [-0.1, -0.05) is 82.3 Å². The predicted octanol–water partition coefficient (Wildman–Crippen LogP) is 10.0. The third kappa shape index (κ3) is 8.17. The van der Waals surface area contributed by atoms with Crippen LogP contribution in [0.2, 0.25) is 0 Å². The minimum Gasteiger partial charge on any atom is -0.469 e. The number of allylic oxidation sites excluding steroid dienone is 3. The van der Waals surface area contributed by atoms with E-state index in [-0.39, 0.29) is 60.5 Å². The Bertz CT molecular complexity index is 2480. The molecule has 3 aliphatic carbocycles. The molecule has 2 amide bonds. The third-order valence-corrected chi connectivity index (χ3v) is 15.1. The number of hydrogen-bond donors (Lipinski definition) is 0. The van der Waals surface area contributed by atoms with Crippen LogP contribution < -0.4 is 0 Å². The lowest BCUT2D eigenvalue weighted by Gasteiger charge is -2.37. The van der Waals surface area contributed by atoms with Gasteiger partial charge in [0.2, 0.25) is 11.8 Å². The molecule has 64 heavy (non-hydrogen) atoms. The van der Waals surface area contributed by atoms with Gasteiger partial charge in [0.05, 0.1) is 56.7 Å². The van der Waals surface area contributed by atoms with Gasteiger partial charge in [-0.05, 0) is 113 Å². The van der Waals surface area contributed by atoms with Crippen LogP contribution in [0.3, 0.4) is 0 Å². The van der Waals surface area contributed by atoms with Gasteiger partial charge >= 0.3 is 11.9 Å². The van der Waals surface area contributed by atoms with E-state index in [0.29, 0.717) is 31.3 Å². The highest BCUT2D eigenvalue weighted by Gasteiger charge is 2.41. The number of benzene rings is 3. The molecule has 3 aromatic carbocycles. The molecule has 0 radical (unpaired) electrons. The second kappa shape index (κ2) is 18.1. The topological polar surface area (TPSA) is 118 Å². The van der Waals surface area contributed by atoms with Crippen LogP contribution in [0.25, 0.3) is 27.8 Å². The fourth-order valence-corrected chi connectivity index (χ4v) is 11.4. The molecule has 0 saturated carbocycles. The van der Waals surface area contributed by atoms with Gasteiger partial charge in [0.15, 0.2) is 0 Å². The molecule has 6 atom stereocenters. The van der Waals surface area contributed by atoms with E-state index in [2.05, 4.69) is 66.7 Å². The fraction of sp³-hybridized carbons (Fsp3) is 0.481. The smallest absolute Gasteiger partial charge is 0.306 e. The Hall–Kier alpha value is -5.64. The summed E-state index contributed by atoms with van der Waals surface area (Å²) in [5.41, 5.74) is 14.4. The first-order chi connectivity index (χ1) is 30.9. The second-order valence-electron chi connectivity index (χ2n) is 19.5. The number of esters is 2. The van der Waals surface area contributed by atoms with Crippen LogP contribution in [-0.2, 0) is 35.1 Å². The maximum Gasteiger partial charge on any atom is 0.306 e. The van der Waals surface area contributed by atoms with Crippen LogP contribution in [0.15, 0.2) is 82.9 Å². The summed E-state index contributed by atoms with van der Waals surface area (Å²) in [6, 6.07) is 20.2. The first-order valence-corrected chi connectivity index (χ1v) is 23.6. The SMILES string of the molecule is COC(=O)C[C@H](C(=O)N1CCC[C@H]1C1=NC=C(c2ccc(-c3ccc(-c4ccc5c(c4)CC([C@@H]4CCCN4C(=O)[C@@H](CC(=O)OC)C(C)C)=N5)c4c3C3C=CC4CC3)cc2)C1)C(C)C. The van der Waals surface area contributed by atoms with Gasteiger partial charge in [0.25, 0.3) is 0 Å². The Morgan fingerprint density at radius 1 is 0.641 bits per heavy atom. The van der Waals surface area contributed by atoms with Gasteiger partial charge < -0.3 is 19.3 Å². The summed E-state index contributed by atoms with van der Waals surface area (Å²) in [5, 5.41) is 0. The summed E-state index contributed by atoms with van der Waals surface area (Å²) in [7, 11) is 2.75. The van der Waals surface area contributed by atoms with Gasteiger partial charge in [-0.2, -0.15) is 0 Å². The zero-order valence-electron chi connectivity index (χ0n) is 38.3. The van der Waals surface area contributed by atoms with Gasteiger partial charge in [-0.3, -0.25) is 29.2 Å². The number of aliphatic imine (C=N–C) groups is 2. The van der Waals surface area contributed by atoms with Gasteiger partial charge in [0, 0.05) is 55.4 Å². The van der Waals surface area contributed by atoms with Crippen LogP contribution in [0, 0.1) is 23.7 Å². The van der Waals surface area contributed by atoms with Crippen molar-refractivity contribution in [3.8, 4) is 22.3 Å². The van der Waals surface area contributed by atoms with Crippen molar-refractivity contribution in [3.63, 3.8) is 0 Å². The van der Waals surface area contributed by atoms with E-state index in [4.69, 9.17) is 19.5 Å². The third-order valence-electron chi connectivity index (χ3n) is 15.1. The van der Waals surface area contributed by atoms with E-state index >= 15 is 0 Å². The molecule has 10 rings (SSSR count). The molecule has 10 heteroatoms. The number of ether oxygens (including phenoxy) is 2. The minimum absolute atomic E-state index is 0.0244. The molecule has 3 aromatic rings. The van der Waals surface area contributed by atoms with Gasteiger partial charge in [0.1, 0.15) is 0 Å². The summed E-state index contributed by atoms with van der Waals surface area (Å²) in [4.78, 5) is 66.1. The molecule has 334 valence electrons. The van der Waals surface area contributed by atoms with Crippen molar-refractivity contribution in [1.82, 2.24) is 9.80 Å². The molecule has 10 nitrogen and oxygen atoms in total. The van der Waals surface area contributed by atoms with E-state index in [1.165, 1.54) is 53.2 Å². The Morgan fingerprint density at radius 2 is 1.16 bits per heavy atom. The molecule has 4 aliphatic heterocycles.